The van der Waals surface area contributed by atoms with Crippen LogP contribution in [0.1, 0.15) is 31.2 Å². The Kier molecular flexibility index (Phi) is 5.50. The minimum absolute atomic E-state index is 0.138. The number of benzene rings is 1. The molecule has 2 aromatic heterocycles. The molecule has 0 bridgehead atoms. The van der Waals surface area contributed by atoms with Gasteiger partial charge in [0.05, 0.1) is 10.2 Å². The van der Waals surface area contributed by atoms with Crippen molar-refractivity contribution < 1.29 is 13.2 Å². The van der Waals surface area contributed by atoms with E-state index in [-0.39, 0.29) is 18.4 Å². The first-order chi connectivity index (χ1) is 13.4. The number of carbonyl (C=O) groups excluding carboxylic acids is 1. The largest absolute Gasteiger partial charge is 0.302 e. The number of aryl methyl sites for hydroxylation is 1. The Hall–Kier alpha value is -1.81. The average Bonchev–Trinajstić information content (AvgIpc) is 3.31. The van der Waals surface area contributed by atoms with Gasteiger partial charge in [0.15, 0.2) is 5.13 Å². The maximum absolute atomic E-state index is 12.9. The summed E-state index contributed by atoms with van der Waals surface area (Å²) >= 11 is 2.64. The first-order valence-electron chi connectivity index (χ1n) is 9.16. The van der Waals surface area contributed by atoms with Crippen LogP contribution < -0.4 is 5.32 Å². The highest BCUT2D eigenvalue weighted by Gasteiger charge is 2.35. The van der Waals surface area contributed by atoms with Gasteiger partial charge in [-0.1, -0.05) is 29.9 Å². The molecule has 1 amide bonds. The first kappa shape index (κ1) is 19.5. The van der Waals surface area contributed by atoms with Crippen molar-refractivity contribution in [2.45, 2.75) is 42.9 Å². The minimum atomic E-state index is -3.55. The Balaban J connectivity index is 1.48. The molecule has 6 nitrogen and oxygen atoms in total. The Morgan fingerprint density at radius 3 is 2.96 bits per heavy atom. The van der Waals surface area contributed by atoms with Crippen molar-refractivity contribution in [1.82, 2.24) is 9.29 Å². The number of thiazole rings is 1. The quantitative estimate of drug-likeness (QED) is 0.650. The summed E-state index contributed by atoms with van der Waals surface area (Å²) < 4.78 is 28.7. The smallest absolute Gasteiger partial charge is 0.252 e. The maximum Gasteiger partial charge on any atom is 0.252 e. The van der Waals surface area contributed by atoms with Gasteiger partial charge in [-0.2, -0.15) is 4.31 Å². The third kappa shape index (κ3) is 3.98. The fourth-order valence-electron chi connectivity index (χ4n) is 3.49. The number of nitrogens with one attached hydrogen (secondary N) is 1. The lowest BCUT2D eigenvalue weighted by Gasteiger charge is -2.33. The number of fused-ring (bicyclic) bond motifs is 1. The lowest BCUT2D eigenvalue weighted by atomic mass is 10.0. The van der Waals surface area contributed by atoms with E-state index in [1.54, 1.807) is 17.5 Å². The number of rotatable bonds is 5. The molecule has 0 radical (unpaired) electrons. The fourth-order valence-corrected chi connectivity index (χ4v) is 7.28. The summed E-state index contributed by atoms with van der Waals surface area (Å²) in [5.74, 6) is -0.200. The van der Waals surface area contributed by atoms with Crippen LogP contribution in [0.3, 0.4) is 0 Å². The number of nitrogens with zero attached hydrogens (tertiary/aromatic N) is 2. The molecule has 1 aliphatic heterocycles. The van der Waals surface area contributed by atoms with E-state index in [0.717, 1.165) is 28.6 Å². The Morgan fingerprint density at radius 2 is 2.18 bits per heavy atom. The van der Waals surface area contributed by atoms with E-state index in [1.807, 2.05) is 25.1 Å². The number of hydrogen-bond donors (Lipinski definition) is 1. The number of amides is 1. The highest BCUT2D eigenvalue weighted by atomic mass is 32.2. The second kappa shape index (κ2) is 7.90. The van der Waals surface area contributed by atoms with Crippen molar-refractivity contribution >= 4 is 54.0 Å². The zero-order chi connectivity index (χ0) is 19.7. The van der Waals surface area contributed by atoms with Crippen LogP contribution in [-0.4, -0.2) is 36.2 Å². The van der Waals surface area contributed by atoms with Crippen LogP contribution in [0.25, 0.3) is 10.2 Å². The molecular formula is C19H21N3O3S3. The molecule has 1 aliphatic rings. The zero-order valence-corrected chi connectivity index (χ0v) is 17.9. The molecule has 9 heteroatoms. The van der Waals surface area contributed by atoms with Crippen molar-refractivity contribution in [1.29, 1.82) is 0 Å². The normalized spacial score (nSPS) is 18.4. The van der Waals surface area contributed by atoms with Gasteiger partial charge in [0.1, 0.15) is 4.21 Å². The molecule has 148 valence electrons. The van der Waals surface area contributed by atoms with Gasteiger partial charge in [0.25, 0.3) is 10.0 Å². The average molecular weight is 436 g/mol. The summed E-state index contributed by atoms with van der Waals surface area (Å²) in [5, 5.41) is 5.16. The van der Waals surface area contributed by atoms with E-state index in [1.165, 1.54) is 27.0 Å². The molecule has 28 heavy (non-hydrogen) atoms. The van der Waals surface area contributed by atoms with Crippen LogP contribution >= 0.6 is 22.7 Å². The standard InChI is InChI=1S/C19H21N3O3S3/c1-13-7-8-15-16(11-13)27-19(20-15)21-17(23)12-14-5-2-3-9-22(14)28(24,25)18-6-4-10-26-18/h4,6-8,10-11,14H,2-3,5,9,12H2,1H3,(H,20,21,23)/t14-/m1/s1. The van der Waals surface area contributed by atoms with Gasteiger partial charge in [0, 0.05) is 19.0 Å². The topological polar surface area (TPSA) is 79.4 Å². The van der Waals surface area contributed by atoms with Crippen molar-refractivity contribution in [3.63, 3.8) is 0 Å². The Labute approximate surface area is 172 Å². The van der Waals surface area contributed by atoms with Crippen LogP contribution in [0.15, 0.2) is 39.9 Å². The molecule has 3 aromatic rings. The lowest BCUT2D eigenvalue weighted by Crippen LogP contribution is -2.45. The highest BCUT2D eigenvalue weighted by molar-refractivity contribution is 7.91. The van der Waals surface area contributed by atoms with E-state index in [4.69, 9.17) is 0 Å². The molecular weight excluding hydrogens is 414 g/mol. The third-order valence-corrected chi connectivity index (χ3v) is 9.10. The number of thiophene rings is 1. The Morgan fingerprint density at radius 1 is 1.32 bits per heavy atom. The second-order valence-electron chi connectivity index (χ2n) is 6.94. The molecule has 1 N–H and O–H groups in total. The summed E-state index contributed by atoms with van der Waals surface area (Å²) in [6, 6.07) is 9.00. The summed E-state index contributed by atoms with van der Waals surface area (Å²) in [5.41, 5.74) is 2.00. The number of sulfonamides is 1. The van der Waals surface area contributed by atoms with Gasteiger partial charge in [-0.3, -0.25) is 4.79 Å². The SMILES string of the molecule is Cc1ccc2nc(NC(=O)C[C@H]3CCCCN3S(=O)(=O)c3cccs3)sc2c1. The predicted molar refractivity (Wildman–Crippen MR) is 113 cm³/mol. The maximum atomic E-state index is 12.9. The van der Waals surface area contributed by atoms with E-state index in [2.05, 4.69) is 10.3 Å². The van der Waals surface area contributed by atoms with Crippen LogP contribution in [0.5, 0.6) is 0 Å². The monoisotopic (exact) mass is 435 g/mol. The van der Waals surface area contributed by atoms with Gasteiger partial charge in [-0.15, -0.1) is 11.3 Å². The van der Waals surface area contributed by atoms with Gasteiger partial charge < -0.3 is 5.32 Å². The molecule has 0 unspecified atom stereocenters. The number of aromatic nitrogens is 1. The molecule has 0 saturated carbocycles. The Bertz CT molecular complexity index is 1090. The highest BCUT2D eigenvalue weighted by Crippen LogP contribution is 2.30. The molecule has 4 rings (SSSR count). The van der Waals surface area contributed by atoms with Crippen molar-refractivity contribution in [2.75, 3.05) is 11.9 Å². The molecule has 1 atom stereocenters. The second-order valence-corrected chi connectivity index (χ2v) is 11.0. The van der Waals surface area contributed by atoms with E-state index >= 15 is 0 Å². The van der Waals surface area contributed by atoms with Crippen LogP contribution in [0.4, 0.5) is 5.13 Å². The summed E-state index contributed by atoms with van der Waals surface area (Å²) in [6.07, 6.45) is 2.57. The predicted octanol–water partition coefficient (Wildman–Crippen LogP) is 4.24. The summed E-state index contributed by atoms with van der Waals surface area (Å²) in [4.78, 5) is 17.1. The van der Waals surface area contributed by atoms with Crippen LogP contribution in [-0.2, 0) is 14.8 Å². The lowest BCUT2D eigenvalue weighted by molar-refractivity contribution is -0.117. The number of piperidine rings is 1. The number of hydrogen-bond acceptors (Lipinski definition) is 6. The molecule has 0 spiro atoms. The number of carbonyl (C=O) groups is 1. The summed E-state index contributed by atoms with van der Waals surface area (Å²) in [6.45, 7) is 2.47. The fraction of sp³-hybridized carbons (Fsp3) is 0.368. The number of anilines is 1. The van der Waals surface area contributed by atoms with Gasteiger partial charge in [-0.05, 0) is 48.9 Å². The molecule has 0 aliphatic carbocycles. The van der Waals surface area contributed by atoms with E-state index in [0.29, 0.717) is 22.3 Å². The molecule has 1 saturated heterocycles. The minimum Gasteiger partial charge on any atom is -0.302 e. The van der Waals surface area contributed by atoms with Gasteiger partial charge >= 0.3 is 0 Å². The van der Waals surface area contributed by atoms with Gasteiger partial charge in [-0.25, -0.2) is 13.4 Å². The van der Waals surface area contributed by atoms with Crippen molar-refractivity contribution in [2.24, 2.45) is 0 Å². The summed E-state index contributed by atoms with van der Waals surface area (Å²) in [7, 11) is -3.55. The van der Waals surface area contributed by atoms with Crippen LogP contribution in [0, 0.1) is 6.92 Å². The van der Waals surface area contributed by atoms with E-state index < -0.39 is 10.0 Å². The van der Waals surface area contributed by atoms with Crippen molar-refractivity contribution in [3.8, 4) is 0 Å². The molecule has 1 aromatic carbocycles. The van der Waals surface area contributed by atoms with Crippen LogP contribution in [0.2, 0.25) is 0 Å². The first-order valence-corrected chi connectivity index (χ1v) is 12.3. The van der Waals surface area contributed by atoms with E-state index in [9.17, 15) is 13.2 Å². The zero-order valence-electron chi connectivity index (χ0n) is 15.4. The molecule has 1 fully saturated rings. The third-order valence-electron chi connectivity index (χ3n) is 4.84. The molecule has 3 heterocycles. The van der Waals surface area contributed by atoms with Gasteiger partial charge in [0.2, 0.25) is 5.91 Å². The van der Waals surface area contributed by atoms with Crippen molar-refractivity contribution in [3.05, 3.63) is 41.3 Å².